The molecule has 1 amide bonds. The molecule has 0 spiro atoms. The van der Waals surface area contributed by atoms with Gasteiger partial charge in [0.25, 0.3) is 5.91 Å². The number of aryl methyl sites for hydroxylation is 1. The van der Waals surface area contributed by atoms with E-state index in [1.807, 2.05) is 29.9 Å². The highest BCUT2D eigenvalue weighted by Gasteiger charge is 2.20. The minimum atomic E-state index is 0.0357. The van der Waals surface area contributed by atoms with Crippen molar-refractivity contribution in [2.75, 3.05) is 0 Å². The summed E-state index contributed by atoms with van der Waals surface area (Å²) in [6.45, 7) is 0.826. The minimum Gasteiger partial charge on any atom is -0.347 e. The number of fused-ring (bicyclic) bond motifs is 1. The number of hydrogen-bond acceptors (Lipinski definition) is 3. The second-order valence-electron chi connectivity index (χ2n) is 4.18. The third-order valence-electron chi connectivity index (χ3n) is 3.02. The van der Waals surface area contributed by atoms with Crippen LogP contribution in [0.3, 0.4) is 0 Å². The van der Waals surface area contributed by atoms with E-state index in [0.29, 0.717) is 0 Å². The molecule has 5 heteroatoms. The zero-order valence-corrected chi connectivity index (χ0v) is 10.1. The Bertz CT molecular complexity index is 518. The Labute approximate surface area is 103 Å². The standard InChI is InChI=1S/C12H13N3OS/c16-12(10-2-1-7-17-10)14-9-3-4-11-13-5-6-15(11)8-9/h1-2,5-7,9H,3-4,8H2,(H,14,16). The molecule has 0 aliphatic carbocycles. The summed E-state index contributed by atoms with van der Waals surface area (Å²) in [5.74, 6) is 1.15. The summed E-state index contributed by atoms with van der Waals surface area (Å²) in [5, 5.41) is 5.00. The summed E-state index contributed by atoms with van der Waals surface area (Å²) in [7, 11) is 0. The SMILES string of the molecule is O=C(NC1CCc2nccn2C1)c1cccs1. The summed E-state index contributed by atoms with van der Waals surface area (Å²) in [6.07, 6.45) is 5.69. The van der Waals surface area contributed by atoms with Gasteiger partial charge < -0.3 is 9.88 Å². The predicted octanol–water partition coefficient (Wildman–Crippen LogP) is 1.69. The Kier molecular flexibility index (Phi) is 2.68. The van der Waals surface area contributed by atoms with Gasteiger partial charge in [-0.3, -0.25) is 4.79 Å². The van der Waals surface area contributed by atoms with Gasteiger partial charge in [0.05, 0.1) is 4.88 Å². The van der Waals surface area contributed by atoms with E-state index in [4.69, 9.17) is 0 Å². The second kappa shape index (κ2) is 4.33. The Morgan fingerprint density at radius 2 is 2.53 bits per heavy atom. The molecule has 1 unspecified atom stereocenters. The fourth-order valence-electron chi connectivity index (χ4n) is 2.15. The Morgan fingerprint density at radius 1 is 1.59 bits per heavy atom. The van der Waals surface area contributed by atoms with Crippen molar-refractivity contribution in [1.29, 1.82) is 0 Å². The Morgan fingerprint density at radius 3 is 3.35 bits per heavy atom. The first-order valence-corrected chi connectivity index (χ1v) is 6.55. The fraction of sp³-hybridized carbons (Fsp3) is 0.333. The van der Waals surface area contributed by atoms with Crippen molar-refractivity contribution < 1.29 is 4.79 Å². The molecular weight excluding hydrogens is 234 g/mol. The number of amides is 1. The zero-order chi connectivity index (χ0) is 11.7. The van der Waals surface area contributed by atoms with E-state index in [1.165, 1.54) is 11.3 Å². The molecule has 17 heavy (non-hydrogen) atoms. The minimum absolute atomic E-state index is 0.0357. The van der Waals surface area contributed by atoms with Gasteiger partial charge >= 0.3 is 0 Å². The van der Waals surface area contributed by atoms with E-state index in [-0.39, 0.29) is 11.9 Å². The van der Waals surface area contributed by atoms with Crippen LogP contribution in [0.15, 0.2) is 29.9 Å². The number of rotatable bonds is 2. The smallest absolute Gasteiger partial charge is 0.261 e. The molecule has 2 aromatic rings. The molecule has 3 rings (SSSR count). The fourth-order valence-corrected chi connectivity index (χ4v) is 2.78. The van der Waals surface area contributed by atoms with Crippen LogP contribution in [0.4, 0.5) is 0 Å². The molecule has 1 N–H and O–H groups in total. The monoisotopic (exact) mass is 247 g/mol. The highest BCUT2D eigenvalue weighted by atomic mass is 32.1. The number of hydrogen-bond donors (Lipinski definition) is 1. The molecule has 4 nitrogen and oxygen atoms in total. The highest BCUT2D eigenvalue weighted by Crippen LogP contribution is 2.14. The van der Waals surface area contributed by atoms with Gasteiger partial charge in [-0.1, -0.05) is 6.07 Å². The average molecular weight is 247 g/mol. The van der Waals surface area contributed by atoms with Crippen LogP contribution in [-0.4, -0.2) is 21.5 Å². The Balaban J connectivity index is 1.66. The van der Waals surface area contributed by atoms with E-state index >= 15 is 0 Å². The summed E-state index contributed by atoms with van der Waals surface area (Å²) < 4.78 is 2.11. The van der Waals surface area contributed by atoms with Crippen LogP contribution in [0.5, 0.6) is 0 Å². The van der Waals surface area contributed by atoms with Gasteiger partial charge in [-0.05, 0) is 17.9 Å². The number of aromatic nitrogens is 2. The molecule has 0 radical (unpaired) electrons. The van der Waals surface area contributed by atoms with Crippen molar-refractivity contribution in [3.8, 4) is 0 Å². The number of carbonyl (C=O) groups is 1. The van der Waals surface area contributed by atoms with Gasteiger partial charge in [-0.15, -0.1) is 11.3 Å². The molecular formula is C12H13N3OS. The van der Waals surface area contributed by atoms with Gasteiger partial charge in [-0.2, -0.15) is 0 Å². The maximum atomic E-state index is 11.9. The lowest BCUT2D eigenvalue weighted by molar-refractivity contribution is 0.0931. The third-order valence-corrected chi connectivity index (χ3v) is 3.88. The summed E-state index contributed by atoms with van der Waals surface area (Å²) in [4.78, 5) is 17.0. The van der Waals surface area contributed by atoms with Crippen molar-refractivity contribution in [1.82, 2.24) is 14.9 Å². The first kappa shape index (κ1) is 10.5. The first-order chi connectivity index (χ1) is 8.33. The lowest BCUT2D eigenvalue weighted by atomic mass is 10.1. The van der Waals surface area contributed by atoms with E-state index in [0.717, 1.165) is 30.1 Å². The molecule has 3 heterocycles. The van der Waals surface area contributed by atoms with E-state index < -0.39 is 0 Å². The van der Waals surface area contributed by atoms with E-state index in [2.05, 4.69) is 14.9 Å². The summed E-state index contributed by atoms with van der Waals surface area (Å²) in [5.41, 5.74) is 0. The van der Waals surface area contributed by atoms with Gasteiger partial charge in [0.15, 0.2) is 0 Å². The van der Waals surface area contributed by atoms with Gasteiger partial charge in [-0.25, -0.2) is 4.98 Å². The quantitative estimate of drug-likeness (QED) is 0.878. The largest absolute Gasteiger partial charge is 0.347 e. The predicted molar refractivity (Wildman–Crippen MR) is 66.1 cm³/mol. The normalized spacial score (nSPS) is 18.7. The maximum absolute atomic E-state index is 11.9. The lowest BCUT2D eigenvalue weighted by Crippen LogP contribution is -2.40. The highest BCUT2D eigenvalue weighted by molar-refractivity contribution is 7.12. The van der Waals surface area contributed by atoms with Crippen LogP contribution in [0.25, 0.3) is 0 Å². The van der Waals surface area contributed by atoms with Crippen molar-refractivity contribution >= 4 is 17.2 Å². The summed E-state index contributed by atoms with van der Waals surface area (Å²) in [6, 6.07) is 3.96. The van der Waals surface area contributed by atoms with E-state index in [9.17, 15) is 4.79 Å². The van der Waals surface area contributed by atoms with Crippen LogP contribution in [-0.2, 0) is 13.0 Å². The molecule has 0 bridgehead atoms. The van der Waals surface area contributed by atoms with Crippen molar-refractivity contribution in [2.24, 2.45) is 0 Å². The van der Waals surface area contributed by atoms with Gasteiger partial charge in [0.2, 0.25) is 0 Å². The third kappa shape index (κ3) is 2.10. The maximum Gasteiger partial charge on any atom is 0.261 e. The average Bonchev–Trinajstić information content (AvgIpc) is 2.99. The number of thiophene rings is 1. The van der Waals surface area contributed by atoms with Crippen LogP contribution in [0, 0.1) is 0 Å². The molecule has 0 saturated carbocycles. The molecule has 2 aromatic heterocycles. The van der Waals surface area contributed by atoms with Crippen LogP contribution in [0.2, 0.25) is 0 Å². The van der Waals surface area contributed by atoms with Crippen LogP contribution in [0.1, 0.15) is 21.9 Å². The summed E-state index contributed by atoms with van der Waals surface area (Å²) >= 11 is 1.48. The van der Waals surface area contributed by atoms with Gasteiger partial charge in [0, 0.05) is 31.4 Å². The van der Waals surface area contributed by atoms with Crippen molar-refractivity contribution in [3.63, 3.8) is 0 Å². The number of carbonyl (C=O) groups excluding carboxylic acids is 1. The lowest BCUT2D eigenvalue weighted by Gasteiger charge is -2.24. The molecule has 0 saturated heterocycles. The molecule has 1 aliphatic heterocycles. The number of nitrogens with one attached hydrogen (secondary N) is 1. The number of nitrogens with zero attached hydrogens (tertiary/aromatic N) is 2. The van der Waals surface area contributed by atoms with Crippen LogP contribution < -0.4 is 5.32 Å². The zero-order valence-electron chi connectivity index (χ0n) is 9.30. The van der Waals surface area contributed by atoms with Crippen molar-refractivity contribution in [2.45, 2.75) is 25.4 Å². The second-order valence-corrected chi connectivity index (χ2v) is 5.13. The topological polar surface area (TPSA) is 46.9 Å². The molecule has 1 aliphatic rings. The van der Waals surface area contributed by atoms with E-state index in [1.54, 1.807) is 0 Å². The Hall–Kier alpha value is -1.62. The molecule has 88 valence electrons. The number of imidazole rings is 1. The first-order valence-electron chi connectivity index (χ1n) is 5.67. The molecule has 0 fully saturated rings. The molecule has 0 aromatic carbocycles. The van der Waals surface area contributed by atoms with Crippen LogP contribution >= 0.6 is 11.3 Å². The van der Waals surface area contributed by atoms with Gasteiger partial charge in [0.1, 0.15) is 5.82 Å². The van der Waals surface area contributed by atoms with Crippen molar-refractivity contribution in [3.05, 3.63) is 40.6 Å². The molecule has 1 atom stereocenters.